The van der Waals surface area contributed by atoms with Gasteiger partial charge in [0.25, 0.3) is 11.8 Å². The van der Waals surface area contributed by atoms with Crippen molar-refractivity contribution >= 4 is 47.4 Å². The van der Waals surface area contributed by atoms with E-state index in [1.165, 1.54) is 14.2 Å². The molecule has 0 bridgehead atoms. The summed E-state index contributed by atoms with van der Waals surface area (Å²) in [6, 6.07) is 12.1. The molecule has 2 atom stereocenters. The fourth-order valence-corrected chi connectivity index (χ4v) is 8.23. The Morgan fingerprint density at radius 1 is 0.648 bits per heavy atom. The molecule has 18 heteroatoms. The standard InChI is InChI=1S/C53H62N6O12/c1-6-50(60)55-11-13-67-15-17-69-19-18-68-16-14-66-12-9-51(61)54-10-7-8-37-22-38(33-70-48-27-44-42(25-46(48)64-4)52(62)58-31-35(2)20-40(58)29-56-44)24-39(23-37)34-71-49-28-45-43(26-47(49)65-5)53(63)59-32-36(3)21-41(59)30-57-45/h22-30,40-41H,2-3,6,9-21,31-34H2,1,4-5H3,(H,54,61)(H,55,60)/t40-,41-/m0/s1. The lowest BCUT2D eigenvalue weighted by Gasteiger charge is -2.20. The maximum atomic E-state index is 13.6. The van der Waals surface area contributed by atoms with E-state index in [-0.39, 0.29) is 68.5 Å². The molecule has 2 fully saturated rings. The van der Waals surface area contributed by atoms with Crippen molar-refractivity contribution in [2.45, 2.75) is 57.9 Å². The number of rotatable bonds is 25. The second-order valence-corrected chi connectivity index (χ2v) is 17.1. The van der Waals surface area contributed by atoms with Gasteiger partial charge in [-0.15, -0.1) is 0 Å². The van der Waals surface area contributed by atoms with Crippen molar-refractivity contribution < 1.29 is 57.1 Å². The van der Waals surface area contributed by atoms with Gasteiger partial charge in [-0.3, -0.25) is 29.2 Å². The number of hydrogen-bond acceptors (Lipinski definition) is 14. The summed E-state index contributed by atoms with van der Waals surface area (Å²) >= 11 is 0. The van der Waals surface area contributed by atoms with Crippen molar-refractivity contribution in [1.82, 2.24) is 20.4 Å². The summed E-state index contributed by atoms with van der Waals surface area (Å²) in [7, 11) is 3.04. The van der Waals surface area contributed by atoms with Crippen molar-refractivity contribution in [3.8, 4) is 34.8 Å². The molecule has 7 rings (SSSR count). The quantitative estimate of drug-likeness (QED) is 0.0634. The molecular weight excluding hydrogens is 913 g/mol. The van der Waals surface area contributed by atoms with E-state index in [1.807, 2.05) is 18.2 Å². The maximum Gasteiger partial charge on any atom is 0.257 e. The first-order valence-electron chi connectivity index (χ1n) is 23.7. The van der Waals surface area contributed by atoms with E-state index in [0.29, 0.717) is 136 Å². The zero-order chi connectivity index (χ0) is 50.1. The zero-order valence-electron chi connectivity index (χ0n) is 40.7. The largest absolute Gasteiger partial charge is 0.493 e. The minimum atomic E-state index is -0.210. The van der Waals surface area contributed by atoms with Gasteiger partial charge < -0.3 is 58.3 Å². The number of methoxy groups -OCH3 is 2. The van der Waals surface area contributed by atoms with Crippen LogP contribution in [0.2, 0.25) is 0 Å². The maximum absolute atomic E-state index is 13.6. The third kappa shape index (κ3) is 14.3. The minimum absolute atomic E-state index is 0.00424. The molecule has 4 aliphatic rings. The Bertz CT molecular complexity index is 2450. The van der Waals surface area contributed by atoms with Crippen molar-refractivity contribution in [3.05, 3.63) is 94.6 Å². The molecule has 4 aliphatic heterocycles. The molecule has 4 heterocycles. The summed E-state index contributed by atoms with van der Waals surface area (Å²) in [5.41, 5.74) is 5.92. The Morgan fingerprint density at radius 2 is 1.14 bits per heavy atom. The van der Waals surface area contributed by atoms with Crippen LogP contribution in [-0.2, 0) is 41.8 Å². The number of fused-ring (bicyclic) bond motifs is 4. The Hall–Kier alpha value is -7.04. The topological polar surface area (TPSA) is 197 Å². The van der Waals surface area contributed by atoms with Crippen LogP contribution < -0.4 is 29.6 Å². The van der Waals surface area contributed by atoms with Crippen molar-refractivity contribution in [2.75, 3.05) is 93.3 Å². The van der Waals surface area contributed by atoms with Gasteiger partial charge >= 0.3 is 0 Å². The van der Waals surface area contributed by atoms with Gasteiger partial charge in [-0.1, -0.05) is 43.1 Å². The number of carbonyl (C=O) groups is 4. The smallest absolute Gasteiger partial charge is 0.257 e. The molecule has 3 aromatic rings. The van der Waals surface area contributed by atoms with E-state index < -0.39 is 0 Å². The summed E-state index contributed by atoms with van der Waals surface area (Å²) < 4.78 is 46.1. The third-order valence-electron chi connectivity index (χ3n) is 11.8. The second kappa shape index (κ2) is 25.7. The van der Waals surface area contributed by atoms with E-state index in [0.717, 1.165) is 22.3 Å². The van der Waals surface area contributed by atoms with Crippen LogP contribution >= 0.6 is 0 Å². The van der Waals surface area contributed by atoms with E-state index in [9.17, 15) is 19.2 Å². The molecular formula is C53H62N6O12. The van der Waals surface area contributed by atoms with Gasteiger partial charge in [0.15, 0.2) is 23.0 Å². The zero-order valence-corrected chi connectivity index (χ0v) is 40.7. The van der Waals surface area contributed by atoms with Gasteiger partial charge in [0.1, 0.15) is 13.2 Å². The molecule has 0 aromatic heterocycles. The minimum Gasteiger partial charge on any atom is -0.493 e. The molecule has 2 N–H and O–H groups in total. The Kier molecular flexibility index (Phi) is 18.8. The molecule has 71 heavy (non-hydrogen) atoms. The Labute approximate surface area is 414 Å². The van der Waals surface area contributed by atoms with Gasteiger partial charge in [-0.05, 0) is 54.3 Å². The molecule has 0 radical (unpaired) electrons. The summed E-state index contributed by atoms with van der Waals surface area (Å²) in [5, 5.41) is 5.56. The first-order chi connectivity index (χ1) is 34.5. The van der Waals surface area contributed by atoms with Gasteiger partial charge in [0.2, 0.25) is 11.8 Å². The first kappa shape index (κ1) is 51.8. The summed E-state index contributed by atoms with van der Waals surface area (Å²) in [4.78, 5) is 63.8. The van der Waals surface area contributed by atoms with Crippen LogP contribution in [0.5, 0.6) is 23.0 Å². The first-order valence-corrected chi connectivity index (χ1v) is 23.7. The molecule has 0 aliphatic carbocycles. The van der Waals surface area contributed by atoms with Crippen molar-refractivity contribution in [2.24, 2.45) is 9.98 Å². The molecule has 0 spiro atoms. The van der Waals surface area contributed by atoms with Gasteiger partial charge in [-0.2, -0.15) is 0 Å². The van der Waals surface area contributed by atoms with E-state index in [4.69, 9.17) is 37.9 Å². The number of nitrogens with zero attached hydrogens (tertiary/aromatic N) is 4. The number of amides is 4. The number of benzene rings is 3. The molecule has 0 unspecified atom stereocenters. The lowest BCUT2D eigenvalue weighted by molar-refractivity contribution is -0.122. The fourth-order valence-electron chi connectivity index (χ4n) is 8.23. The monoisotopic (exact) mass is 974 g/mol. The highest BCUT2D eigenvalue weighted by molar-refractivity contribution is 6.04. The van der Waals surface area contributed by atoms with Crippen LogP contribution in [0.3, 0.4) is 0 Å². The molecule has 376 valence electrons. The average molecular weight is 975 g/mol. The SMILES string of the molecule is C=C1C[C@H]2C=Nc3cc(OCc4cc(C#CCNC(=O)CCOCCOCCOCCOCCNC(=O)CC)cc(COc5cc6c(cc5OC)C(=O)N5CC(=C)C[C@H]5C=N6)c4)c(OC)cc3C(=O)N2C1. The Morgan fingerprint density at radius 3 is 1.63 bits per heavy atom. The highest BCUT2D eigenvalue weighted by atomic mass is 16.6. The van der Waals surface area contributed by atoms with Crippen LogP contribution in [0.1, 0.15) is 70.0 Å². The molecule has 3 aromatic carbocycles. The van der Waals surface area contributed by atoms with Crippen LogP contribution in [0.4, 0.5) is 11.4 Å². The predicted molar refractivity (Wildman–Crippen MR) is 266 cm³/mol. The van der Waals surface area contributed by atoms with Gasteiger partial charge in [0, 0.05) is 62.6 Å². The summed E-state index contributed by atoms with van der Waals surface area (Å²) in [5.74, 6) is 7.27. The number of aliphatic imine (C=N–C) groups is 2. The average Bonchev–Trinajstić information content (AvgIpc) is 3.89. The van der Waals surface area contributed by atoms with Crippen LogP contribution in [0, 0.1) is 11.8 Å². The van der Waals surface area contributed by atoms with Crippen molar-refractivity contribution in [3.63, 3.8) is 0 Å². The van der Waals surface area contributed by atoms with E-state index in [1.54, 1.807) is 53.4 Å². The van der Waals surface area contributed by atoms with Crippen molar-refractivity contribution in [1.29, 1.82) is 0 Å². The summed E-state index contributed by atoms with van der Waals surface area (Å²) in [6.45, 7) is 14.7. The van der Waals surface area contributed by atoms with Gasteiger partial charge in [0.05, 0.1) is 108 Å². The van der Waals surface area contributed by atoms with E-state index >= 15 is 0 Å². The molecule has 4 amide bonds. The second-order valence-electron chi connectivity index (χ2n) is 17.1. The van der Waals surface area contributed by atoms with Crippen LogP contribution in [0.15, 0.2) is 76.8 Å². The predicted octanol–water partition coefficient (Wildman–Crippen LogP) is 5.29. The Balaban J connectivity index is 0.944. The number of ether oxygens (including phenoxy) is 8. The highest BCUT2D eigenvalue weighted by Crippen LogP contribution is 2.40. The molecule has 18 nitrogen and oxygen atoms in total. The number of carbonyl (C=O) groups excluding carboxylic acids is 4. The summed E-state index contributed by atoms with van der Waals surface area (Å²) in [6.07, 6.45) is 5.50. The van der Waals surface area contributed by atoms with Crippen LogP contribution in [-0.4, -0.2) is 151 Å². The van der Waals surface area contributed by atoms with E-state index in [2.05, 4.69) is 45.6 Å². The fraction of sp³-hybridized carbons (Fsp3) is 0.434. The molecule has 0 saturated carbocycles. The number of hydrogen-bond donors (Lipinski definition) is 2. The highest BCUT2D eigenvalue weighted by Gasteiger charge is 2.35. The lowest BCUT2D eigenvalue weighted by Crippen LogP contribution is -2.35. The third-order valence-corrected chi connectivity index (χ3v) is 11.8. The van der Waals surface area contributed by atoms with Crippen LogP contribution in [0.25, 0.3) is 0 Å². The lowest BCUT2D eigenvalue weighted by atomic mass is 10.1. The van der Waals surface area contributed by atoms with Gasteiger partial charge in [-0.25, -0.2) is 0 Å². The molecule has 2 saturated heterocycles. The number of nitrogens with one attached hydrogen (secondary N) is 2. The normalized spacial score (nSPS) is 16.5.